The highest BCUT2D eigenvalue weighted by atomic mass is 16.5. The molecule has 0 aromatic carbocycles. The van der Waals surface area contributed by atoms with Gasteiger partial charge in [-0.05, 0) is 59.8 Å². The summed E-state index contributed by atoms with van der Waals surface area (Å²) < 4.78 is 4.98. The van der Waals surface area contributed by atoms with Gasteiger partial charge >= 0.3 is 5.97 Å². The van der Waals surface area contributed by atoms with Gasteiger partial charge in [0.05, 0.1) is 6.61 Å². The molecule has 0 radical (unpaired) electrons. The Morgan fingerprint density at radius 1 is 1.24 bits per heavy atom. The molecule has 17 heavy (non-hydrogen) atoms. The summed E-state index contributed by atoms with van der Waals surface area (Å²) in [6.07, 6.45) is 3.78. The van der Waals surface area contributed by atoms with E-state index in [1.54, 1.807) is 0 Å². The normalized spacial score (nSPS) is 23.4. The van der Waals surface area contributed by atoms with Crippen LogP contribution in [0, 0.1) is 5.92 Å². The zero-order chi connectivity index (χ0) is 13.1. The maximum absolute atomic E-state index is 11.4. The van der Waals surface area contributed by atoms with Gasteiger partial charge in [0, 0.05) is 17.5 Å². The van der Waals surface area contributed by atoms with Crippen molar-refractivity contribution in [2.45, 2.75) is 71.4 Å². The summed E-state index contributed by atoms with van der Waals surface area (Å²) in [5.41, 5.74) is 0.335. The summed E-state index contributed by atoms with van der Waals surface area (Å²) in [4.78, 5) is 11.4. The summed E-state index contributed by atoms with van der Waals surface area (Å²) in [7, 11) is 0. The van der Waals surface area contributed by atoms with E-state index >= 15 is 0 Å². The third kappa shape index (κ3) is 5.07. The van der Waals surface area contributed by atoms with Crippen LogP contribution in [0.5, 0.6) is 0 Å². The lowest BCUT2D eigenvalue weighted by molar-refractivity contribution is -0.143. The minimum absolute atomic E-state index is 0.0540. The molecule has 1 aliphatic rings. The fourth-order valence-electron chi connectivity index (χ4n) is 3.29. The van der Waals surface area contributed by atoms with Gasteiger partial charge in [0.15, 0.2) is 0 Å². The number of hydrogen-bond acceptors (Lipinski definition) is 3. The van der Waals surface area contributed by atoms with Gasteiger partial charge in [-0.3, -0.25) is 4.79 Å². The Hall–Kier alpha value is -0.570. The lowest BCUT2D eigenvalue weighted by Gasteiger charge is -2.46. The SMILES string of the molecule is CCOC(=O)CCC1CC(C)(C)NC(C)(C)C1. The van der Waals surface area contributed by atoms with Gasteiger partial charge in [-0.25, -0.2) is 0 Å². The molecule has 1 rings (SSSR count). The Bertz CT molecular complexity index is 255. The molecule has 0 bridgehead atoms. The predicted molar refractivity (Wildman–Crippen MR) is 69.9 cm³/mol. The van der Waals surface area contributed by atoms with Gasteiger partial charge in [-0.15, -0.1) is 0 Å². The van der Waals surface area contributed by atoms with E-state index in [0.717, 1.165) is 19.3 Å². The number of carbonyl (C=O) groups is 1. The molecule has 1 saturated heterocycles. The predicted octanol–water partition coefficient (Wildman–Crippen LogP) is 2.89. The van der Waals surface area contributed by atoms with Crippen LogP contribution in [0.1, 0.15) is 60.3 Å². The Morgan fingerprint density at radius 2 is 1.76 bits per heavy atom. The minimum atomic E-state index is -0.0540. The van der Waals surface area contributed by atoms with Gasteiger partial charge in [-0.2, -0.15) is 0 Å². The fourth-order valence-corrected chi connectivity index (χ4v) is 3.29. The van der Waals surface area contributed by atoms with Crippen molar-refractivity contribution in [2.75, 3.05) is 6.61 Å². The molecule has 0 aromatic heterocycles. The van der Waals surface area contributed by atoms with Crippen LogP contribution in [0.4, 0.5) is 0 Å². The zero-order valence-electron chi connectivity index (χ0n) is 11.9. The number of carbonyl (C=O) groups excluding carboxylic acids is 1. The maximum Gasteiger partial charge on any atom is 0.305 e. The van der Waals surface area contributed by atoms with Gasteiger partial charge in [0.25, 0.3) is 0 Å². The van der Waals surface area contributed by atoms with Gasteiger partial charge in [-0.1, -0.05) is 0 Å². The van der Waals surface area contributed by atoms with Gasteiger partial charge < -0.3 is 10.1 Å². The molecule has 1 fully saturated rings. The lowest BCUT2D eigenvalue weighted by Crippen LogP contribution is -2.57. The van der Waals surface area contributed by atoms with E-state index in [9.17, 15) is 4.79 Å². The molecule has 0 aromatic rings. The van der Waals surface area contributed by atoms with Crippen LogP contribution in [-0.2, 0) is 9.53 Å². The smallest absolute Gasteiger partial charge is 0.305 e. The molecule has 1 N–H and O–H groups in total. The molecule has 0 saturated carbocycles. The standard InChI is InChI=1S/C14H27NO2/c1-6-17-12(16)8-7-11-9-13(2,3)15-14(4,5)10-11/h11,15H,6-10H2,1-5H3. The molecule has 1 aliphatic heterocycles. The molecule has 0 aliphatic carbocycles. The van der Waals surface area contributed by atoms with Crippen LogP contribution < -0.4 is 5.32 Å². The Morgan fingerprint density at radius 3 is 2.24 bits per heavy atom. The van der Waals surface area contributed by atoms with Crippen molar-refractivity contribution < 1.29 is 9.53 Å². The van der Waals surface area contributed by atoms with Crippen LogP contribution in [0.3, 0.4) is 0 Å². The Balaban J connectivity index is 2.46. The quantitative estimate of drug-likeness (QED) is 0.769. The number of hydrogen-bond donors (Lipinski definition) is 1. The largest absolute Gasteiger partial charge is 0.466 e. The van der Waals surface area contributed by atoms with Crippen LogP contribution in [0.2, 0.25) is 0 Å². The Kier molecular flexibility index (Phi) is 4.59. The number of nitrogens with one attached hydrogen (secondary N) is 1. The molecular weight excluding hydrogens is 214 g/mol. The first-order chi connectivity index (χ1) is 7.74. The molecule has 0 atom stereocenters. The molecule has 3 nitrogen and oxygen atoms in total. The average molecular weight is 241 g/mol. The highest BCUT2D eigenvalue weighted by molar-refractivity contribution is 5.69. The average Bonchev–Trinajstić information content (AvgIpc) is 2.10. The van der Waals surface area contributed by atoms with Crippen LogP contribution >= 0.6 is 0 Å². The van der Waals surface area contributed by atoms with Crippen LogP contribution in [0.15, 0.2) is 0 Å². The number of esters is 1. The van der Waals surface area contributed by atoms with Crippen molar-refractivity contribution in [1.82, 2.24) is 5.32 Å². The van der Waals surface area contributed by atoms with Crippen LogP contribution in [0.25, 0.3) is 0 Å². The molecule has 0 amide bonds. The number of rotatable bonds is 4. The second-order valence-corrected chi connectivity index (χ2v) is 6.51. The monoisotopic (exact) mass is 241 g/mol. The highest BCUT2D eigenvalue weighted by Crippen LogP contribution is 2.35. The number of piperidine rings is 1. The molecular formula is C14H27NO2. The highest BCUT2D eigenvalue weighted by Gasteiger charge is 2.37. The van der Waals surface area contributed by atoms with E-state index < -0.39 is 0 Å². The first-order valence-corrected chi connectivity index (χ1v) is 6.69. The molecule has 0 spiro atoms. The fraction of sp³-hybridized carbons (Fsp3) is 0.929. The minimum Gasteiger partial charge on any atom is -0.466 e. The van der Waals surface area contributed by atoms with E-state index in [1.165, 1.54) is 0 Å². The van der Waals surface area contributed by atoms with E-state index in [0.29, 0.717) is 18.9 Å². The summed E-state index contributed by atoms with van der Waals surface area (Å²) in [5, 5.41) is 3.66. The summed E-state index contributed by atoms with van der Waals surface area (Å²) >= 11 is 0. The first kappa shape index (κ1) is 14.5. The Labute approximate surface area is 105 Å². The van der Waals surface area contributed by atoms with E-state index in [-0.39, 0.29) is 17.0 Å². The molecule has 1 heterocycles. The van der Waals surface area contributed by atoms with Crippen molar-refractivity contribution in [3.05, 3.63) is 0 Å². The van der Waals surface area contributed by atoms with E-state index in [2.05, 4.69) is 33.0 Å². The van der Waals surface area contributed by atoms with Crippen molar-refractivity contribution in [3.63, 3.8) is 0 Å². The van der Waals surface area contributed by atoms with Crippen molar-refractivity contribution in [1.29, 1.82) is 0 Å². The summed E-state index contributed by atoms with van der Waals surface area (Å²) in [6, 6.07) is 0. The number of ether oxygens (including phenoxy) is 1. The van der Waals surface area contributed by atoms with Crippen LogP contribution in [-0.4, -0.2) is 23.7 Å². The summed E-state index contributed by atoms with van der Waals surface area (Å²) in [5.74, 6) is 0.562. The van der Waals surface area contributed by atoms with Gasteiger partial charge in [0.2, 0.25) is 0 Å². The van der Waals surface area contributed by atoms with Gasteiger partial charge in [0.1, 0.15) is 0 Å². The van der Waals surface area contributed by atoms with Crippen molar-refractivity contribution in [3.8, 4) is 0 Å². The maximum atomic E-state index is 11.4. The second kappa shape index (κ2) is 5.38. The van der Waals surface area contributed by atoms with Crippen molar-refractivity contribution in [2.24, 2.45) is 5.92 Å². The van der Waals surface area contributed by atoms with E-state index in [1.807, 2.05) is 6.92 Å². The summed E-state index contributed by atoms with van der Waals surface area (Å²) in [6.45, 7) is 11.3. The third-order valence-electron chi connectivity index (χ3n) is 3.34. The van der Waals surface area contributed by atoms with E-state index in [4.69, 9.17) is 4.74 Å². The molecule has 100 valence electrons. The zero-order valence-corrected chi connectivity index (χ0v) is 11.9. The molecule has 3 heteroatoms. The first-order valence-electron chi connectivity index (χ1n) is 6.69. The second-order valence-electron chi connectivity index (χ2n) is 6.51. The molecule has 0 unspecified atom stereocenters. The van der Waals surface area contributed by atoms with Crippen molar-refractivity contribution >= 4 is 5.97 Å². The third-order valence-corrected chi connectivity index (χ3v) is 3.34. The topological polar surface area (TPSA) is 38.3 Å². The lowest BCUT2D eigenvalue weighted by atomic mass is 9.74.